The van der Waals surface area contributed by atoms with E-state index in [1.54, 1.807) is 0 Å². The van der Waals surface area contributed by atoms with Gasteiger partial charge in [0.05, 0.1) is 5.75 Å². The molecule has 0 bridgehead atoms. The Morgan fingerprint density at radius 3 is 2.31 bits per heavy atom. The molecular formula is C18H26F3N7O3S. The molecule has 3 N–H and O–H groups in total. The van der Waals surface area contributed by atoms with Crippen LogP contribution in [0.25, 0.3) is 0 Å². The third-order valence-corrected chi connectivity index (χ3v) is 5.30. The molecule has 0 fully saturated rings. The van der Waals surface area contributed by atoms with Crippen LogP contribution in [0.5, 0.6) is 0 Å². The summed E-state index contributed by atoms with van der Waals surface area (Å²) in [7, 11) is 1.14. The van der Waals surface area contributed by atoms with Crippen LogP contribution >= 0.6 is 11.8 Å². The van der Waals surface area contributed by atoms with E-state index in [1.807, 2.05) is 27.7 Å². The van der Waals surface area contributed by atoms with Crippen molar-refractivity contribution >= 4 is 29.2 Å². The predicted octanol–water partition coefficient (Wildman–Crippen LogP) is 1.70. The van der Waals surface area contributed by atoms with Crippen LogP contribution in [-0.4, -0.2) is 42.5 Å². The lowest BCUT2D eigenvalue weighted by atomic mass is 10.2. The van der Waals surface area contributed by atoms with Gasteiger partial charge >= 0.3 is 11.9 Å². The number of H-pyrrole nitrogens is 1. The van der Waals surface area contributed by atoms with Crippen LogP contribution in [0.1, 0.15) is 33.5 Å². The van der Waals surface area contributed by atoms with Gasteiger partial charge in [0.1, 0.15) is 5.82 Å². The highest BCUT2D eigenvalue weighted by atomic mass is 32.2. The summed E-state index contributed by atoms with van der Waals surface area (Å²) in [5.41, 5.74) is 4.45. The molecule has 0 spiro atoms. The van der Waals surface area contributed by atoms with Crippen LogP contribution in [0, 0.1) is 11.8 Å². The summed E-state index contributed by atoms with van der Waals surface area (Å²) >= 11 is 0.748. The minimum Gasteiger partial charge on any atom is -0.383 e. The van der Waals surface area contributed by atoms with E-state index in [-0.39, 0.29) is 47.3 Å². The van der Waals surface area contributed by atoms with E-state index in [0.29, 0.717) is 0 Å². The first-order valence-corrected chi connectivity index (χ1v) is 10.7. The molecule has 2 aromatic rings. The Kier molecular flexibility index (Phi) is 7.80. The molecule has 0 atom stereocenters. The summed E-state index contributed by atoms with van der Waals surface area (Å²) in [6, 6.07) is 0. The van der Waals surface area contributed by atoms with Crippen LogP contribution < -0.4 is 21.9 Å². The smallest absolute Gasteiger partial charge is 0.383 e. The highest BCUT2D eigenvalue weighted by Gasteiger charge is 2.37. The lowest BCUT2D eigenvalue weighted by Gasteiger charge is -2.26. The molecule has 0 radical (unpaired) electrons. The van der Waals surface area contributed by atoms with Gasteiger partial charge in [-0.15, -0.1) is 10.2 Å². The van der Waals surface area contributed by atoms with E-state index in [1.165, 1.54) is 4.57 Å². The Labute approximate surface area is 186 Å². The van der Waals surface area contributed by atoms with Crippen LogP contribution in [-0.2, 0) is 24.6 Å². The minimum absolute atomic E-state index is 0.0392. The number of rotatable bonds is 8. The zero-order valence-electron chi connectivity index (χ0n) is 18.4. The number of nitrogen functional groups attached to an aromatic ring is 1. The lowest BCUT2D eigenvalue weighted by molar-refractivity contribution is -0.147. The number of halogens is 3. The molecule has 0 aliphatic heterocycles. The average molecular weight is 478 g/mol. The fourth-order valence-corrected chi connectivity index (χ4v) is 3.75. The number of carbonyl (C=O) groups excluding carboxylic acids is 1. The molecule has 2 heterocycles. The standard InChI is InChI=1S/C18H26F3N7O3S/c1-9(2)6-27(12-13(22)28(7-10(3)4)16(31)23-14(12)30)11(29)8-32-17-25-24-15(26(17)5)18(19,20)21/h9-10H,6-8,22H2,1-5H3,(H,23,30,31). The highest BCUT2D eigenvalue weighted by molar-refractivity contribution is 7.99. The molecule has 14 heteroatoms. The number of hydrogen-bond acceptors (Lipinski definition) is 7. The van der Waals surface area contributed by atoms with Crippen LogP contribution in [0.2, 0.25) is 0 Å². The quantitative estimate of drug-likeness (QED) is 0.553. The first-order valence-electron chi connectivity index (χ1n) is 9.76. The first-order chi connectivity index (χ1) is 14.7. The Balaban J connectivity index is 2.39. The number of alkyl halides is 3. The van der Waals surface area contributed by atoms with Gasteiger partial charge < -0.3 is 15.2 Å². The maximum atomic E-state index is 13.0. The molecule has 1 amide bonds. The van der Waals surface area contributed by atoms with Gasteiger partial charge in [0.15, 0.2) is 10.8 Å². The number of anilines is 2. The number of nitrogens with two attached hydrogens (primary N) is 1. The number of amides is 1. The zero-order valence-corrected chi connectivity index (χ0v) is 19.2. The van der Waals surface area contributed by atoms with Crippen molar-refractivity contribution in [3.8, 4) is 0 Å². The van der Waals surface area contributed by atoms with Gasteiger partial charge in [-0.2, -0.15) is 13.2 Å². The fraction of sp³-hybridized carbons (Fsp3) is 0.611. The van der Waals surface area contributed by atoms with E-state index in [4.69, 9.17) is 5.73 Å². The number of aromatic nitrogens is 5. The third-order valence-electron chi connectivity index (χ3n) is 4.29. The largest absolute Gasteiger partial charge is 0.451 e. The van der Waals surface area contributed by atoms with Crippen molar-refractivity contribution in [1.29, 1.82) is 0 Å². The summed E-state index contributed by atoms with van der Waals surface area (Å²) in [6.45, 7) is 7.70. The molecule has 10 nitrogen and oxygen atoms in total. The maximum absolute atomic E-state index is 13.0. The average Bonchev–Trinajstić information content (AvgIpc) is 3.02. The van der Waals surface area contributed by atoms with Gasteiger partial charge in [0, 0.05) is 20.1 Å². The van der Waals surface area contributed by atoms with E-state index < -0.39 is 29.2 Å². The van der Waals surface area contributed by atoms with E-state index in [2.05, 4.69) is 15.2 Å². The molecular weight excluding hydrogens is 451 g/mol. The summed E-state index contributed by atoms with van der Waals surface area (Å²) < 4.78 is 40.7. The first kappa shape index (κ1) is 25.5. The summed E-state index contributed by atoms with van der Waals surface area (Å²) in [5.74, 6) is -2.26. The summed E-state index contributed by atoms with van der Waals surface area (Å²) in [6.07, 6.45) is -4.68. The van der Waals surface area contributed by atoms with Crippen LogP contribution in [0.4, 0.5) is 24.7 Å². The van der Waals surface area contributed by atoms with E-state index in [0.717, 1.165) is 28.3 Å². The second-order valence-electron chi connectivity index (χ2n) is 8.05. The van der Waals surface area contributed by atoms with Crippen molar-refractivity contribution in [2.45, 2.75) is 45.6 Å². The van der Waals surface area contributed by atoms with Gasteiger partial charge in [-0.3, -0.25) is 19.1 Å². The van der Waals surface area contributed by atoms with Crippen molar-refractivity contribution in [1.82, 2.24) is 24.3 Å². The molecule has 2 rings (SSSR count). The van der Waals surface area contributed by atoms with Crippen LogP contribution in [0.3, 0.4) is 0 Å². The molecule has 32 heavy (non-hydrogen) atoms. The number of hydrogen-bond donors (Lipinski definition) is 2. The van der Waals surface area contributed by atoms with Gasteiger partial charge in [0.2, 0.25) is 11.7 Å². The summed E-state index contributed by atoms with van der Waals surface area (Å²) in [4.78, 5) is 41.1. The molecule has 178 valence electrons. The maximum Gasteiger partial charge on any atom is 0.451 e. The lowest BCUT2D eigenvalue weighted by Crippen LogP contribution is -2.43. The van der Waals surface area contributed by atoms with Crippen molar-refractivity contribution in [2.75, 3.05) is 22.9 Å². The van der Waals surface area contributed by atoms with Crippen LogP contribution in [0.15, 0.2) is 14.7 Å². The molecule has 0 saturated carbocycles. The number of carbonyl (C=O) groups is 1. The fourth-order valence-electron chi connectivity index (χ4n) is 2.96. The molecule has 2 aromatic heterocycles. The molecule has 0 aromatic carbocycles. The minimum atomic E-state index is -4.68. The normalized spacial score (nSPS) is 12.1. The number of thioether (sulfide) groups is 1. The number of nitrogens with one attached hydrogen (secondary N) is 1. The number of nitrogens with zero attached hydrogens (tertiary/aromatic N) is 5. The SMILES string of the molecule is CC(C)CN(C(=O)CSc1nnc(C(F)(F)F)n1C)c1c(N)n(CC(C)C)c(=O)[nH]c1=O. The van der Waals surface area contributed by atoms with Crippen molar-refractivity contribution < 1.29 is 18.0 Å². The molecule has 0 aliphatic carbocycles. The Morgan fingerprint density at radius 2 is 1.81 bits per heavy atom. The monoisotopic (exact) mass is 477 g/mol. The van der Waals surface area contributed by atoms with E-state index >= 15 is 0 Å². The second-order valence-corrected chi connectivity index (χ2v) is 8.99. The van der Waals surface area contributed by atoms with Crippen molar-refractivity contribution in [3.05, 3.63) is 26.7 Å². The topological polar surface area (TPSA) is 132 Å². The van der Waals surface area contributed by atoms with Crippen molar-refractivity contribution in [2.24, 2.45) is 18.9 Å². The summed E-state index contributed by atoms with van der Waals surface area (Å²) in [5, 5.41) is 6.50. The van der Waals surface area contributed by atoms with E-state index in [9.17, 15) is 27.6 Å². The van der Waals surface area contributed by atoms with Gasteiger partial charge in [0.25, 0.3) is 5.56 Å². The molecule has 0 saturated heterocycles. The Morgan fingerprint density at radius 1 is 1.19 bits per heavy atom. The number of aromatic amines is 1. The van der Waals surface area contributed by atoms with Gasteiger partial charge in [-0.1, -0.05) is 39.5 Å². The molecule has 0 unspecified atom stereocenters. The van der Waals surface area contributed by atoms with Crippen molar-refractivity contribution in [3.63, 3.8) is 0 Å². The molecule has 0 aliphatic rings. The Hall–Kier alpha value is -2.77. The third kappa shape index (κ3) is 5.72. The predicted molar refractivity (Wildman–Crippen MR) is 114 cm³/mol. The highest BCUT2D eigenvalue weighted by Crippen LogP contribution is 2.30. The second kappa shape index (κ2) is 9.79. The zero-order chi connectivity index (χ0) is 24.4. The van der Waals surface area contributed by atoms with Gasteiger partial charge in [-0.25, -0.2) is 4.79 Å². The Bertz CT molecular complexity index is 1090. The van der Waals surface area contributed by atoms with Gasteiger partial charge in [-0.05, 0) is 11.8 Å².